The Labute approximate surface area is 108 Å². The first kappa shape index (κ1) is 14.7. The highest BCUT2D eigenvalue weighted by Gasteiger charge is 2.11. The molecule has 0 heterocycles. The van der Waals surface area contributed by atoms with Gasteiger partial charge in [0.1, 0.15) is 0 Å². The van der Waals surface area contributed by atoms with Crippen LogP contribution in [0.4, 0.5) is 0 Å². The van der Waals surface area contributed by atoms with Crippen LogP contribution in [0.25, 0.3) is 0 Å². The van der Waals surface area contributed by atoms with Gasteiger partial charge in [0.15, 0.2) is 0 Å². The summed E-state index contributed by atoms with van der Waals surface area (Å²) in [4.78, 5) is 11.2. The standard InChI is InChI=1S/C14H21NO3/c1-3-18-14(16)9-10-15-13(11-17-2)12-7-5-4-6-8-12/h4-8,13,15H,3,9-11H2,1-2H3. The molecule has 1 atom stereocenters. The Hall–Kier alpha value is -1.39. The van der Waals surface area contributed by atoms with Crippen molar-refractivity contribution >= 4 is 5.97 Å². The van der Waals surface area contributed by atoms with Crippen molar-refractivity contribution in [2.45, 2.75) is 19.4 Å². The van der Waals surface area contributed by atoms with E-state index >= 15 is 0 Å². The Morgan fingerprint density at radius 1 is 1.33 bits per heavy atom. The summed E-state index contributed by atoms with van der Waals surface area (Å²) in [6, 6.07) is 10.1. The predicted octanol–water partition coefficient (Wildman–Crippen LogP) is 1.92. The van der Waals surface area contributed by atoms with E-state index in [0.29, 0.717) is 26.2 Å². The van der Waals surface area contributed by atoms with E-state index in [1.807, 2.05) is 37.3 Å². The fourth-order valence-corrected chi connectivity index (χ4v) is 1.71. The van der Waals surface area contributed by atoms with Crippen LogP contribution in [0.1, 0.15) is 24.9 Å². The van der Waals surface area contributed by atoms with Gasteiger partial charge in [0, 0.05) is 13.7 Å². The topological polar surface area (TPSA) is 47.6 Å². The van der Waals surface area contributed by atoms with E-state index in [4.69, 9.17) is 9.47 Å². The van der Waals surface area contributed by atoms with E-state index in [-0.39, 0.29) is 12.0 Å². The monoisotopic (exact) mass is 251 g/mol. The maximum atomic E-state index is 11.2. The number of esters is 1. The van der Waals surface area contributed by atoms with Crippen molar-refractivity contribution in [2.24, 2.45) is 0 Å². The summed E-state index contributed by atoms with van der Waals surface area (Å²) >= 11 is 0. The van der Waals surface area contributed by atoms with Crippen LogP contribution in [0, 0.1) is 0 Å². The van der Waals surface area contributed by atoms with Crippen LogP contribution in [0.3, 0.4) is 0 Å². The Morgan fingerprint density at radius 3 is 2.67 bits per heavy atom. The molecular formula is C14H21NO3. The number of nitrogens with one attached hydrogen (secondary N) is 1. The zero-order valence-electron chi connectivity index (χ0n) is 11.0. The molecule has 0 saturated carbocycles. The molecule has 0 saturated heterocycles. The summed E-state index contributed by atoms with van der Waals surface area (Å²) in [5, 5.41) is 3.30. The SMILES string of the molecule is CCOC(=O)CCNC(COC)c1ccccc1. The molecule has 1 aromatic carbocycles. The molecule has 0 aromatic heterocycles. The first-order chi connectivity index (χ1) is 8.77. The summed E-state index contributed by atoms with van der Waals surface area (Å²) in [5.74, 6) is -0.172. The van der Waals surface area contributed by atoms with Crippen LogP contribution in [0.15, 0.2) is 30.3 Å². The Bertz CT molecular complexity index is 340. The maximum Gasteiger partial charge on any atom is 0.307 e. The van der Waals surface area contributed by atoms with E-state index in [2.05, 4.69) is 5.32 Å². The van der Waals surface area contributed by atoms with Gasteiger partial charge in [-0.05, 0) is 12.5 Å². The summed E-state index contributed by atoms with van der Waals surface area (Å²) in [6.45, 7) is 3.40. The average Bonchev–Trinajstić information content (AvgIpc) is 2.39. The van der Waals surface area contributed by atoms with Crippen molar-refractivity contribution in [3.05, 3.63) is 35.9 Å². The van der Waals surface area contributed by atoms with Crippen LogP contribution in [-0.4, -0.2) is 32.8 Å². The van der Waals surface area contributed by atoms with Gasteiger partial charge < -0.3 is 14.8 Å². The minimum atomic E-state index is -0.172. The summed E-state index contributed by atoms with van der Waals surface area (Å²) < 4.78 is 10.1. The molecule has 1 unspecified atom stereocenters. The molecule has 100 valence electrons. The van der Waals surface area contributed by atoms with Crippen molar-refractivity contribution < 1.29 is 14.3 Å². The Kier molecular flexibility index (Phi) is 7.06. The number of methoxy groups -OCH3 is 1. The van der Waals surface area contributed by atoms with Gasteiger partial charge in [0.05, 0.1) is 25.7 Å². The number of hydrogen-bond acceptors (Lipinski definition) is 4. The van der Waals surface area contributed by atoms with Crippen molar-refractivity contribution in [1.29, 1.82) is 0 Å². The Balaban J connectivity index is 2.42. The normalized spacial score (nSPS) is 12.1. The molecule has 4 nitrogen and oxygen atoms in total. The Morgan fingerprint density at radius 2 is 2.06 bits per heavy atom. The van der Waals surface area contributed by atoms with E-state index < -0.39 is 0 Å². The highest BCUT2D eigenvalue weighted by molar-refractivity contribution is 5.69. The van der Waals surface area contributed by atoms with Gasteiger partial charge in [-0.2, -0.15) is 0 Å². The number of benzene rings is 1. The van der Waals surface area contributed by atoms with Crippen molar-refractivity contribution in [3.63, 3.8) is 0 Å². The molecule has 0 amide bonds. The first-order valence-electron chi connectivity index (χ1n) is 6.20. The largest absolute Gasteiger partial charge is 0.466 e. The fraction of sp³-hybridized carbons (Fsp3) is 0.500. The molecule has 18 heavy (non-hydrogen) atoms. The number of rotatable bonds is 8. The molecule has 0 aliphatic rings. The lowest BCUT2D eigenvalue weighted by Gasteiger charge is -2.18. The number of ether oxygens (including phenoxy) is 2. The van der Waals surface area contributed by atoms with Crippen LogP contribution in [-0.2, 0) is 14.3 Å². The third-order valence-electron chi connectivity index (χ3n) is 2.56. The summed E-state index contributed by atoms with van der Waals surface area (Å²) in [7, 11) is 1.67. The van der Waals surface area contributed by atoms with E-state index in [1.54, 1.807) is 7.11 Å². The predicted molar refractivity (Wildman–Crippen MR) is 70.3 cm³/mol. The maximum absolute atomic E-state index is 11.2. The van der Waals surface area contributed by atoms with E-state index in [1.165, 1.54) is 0 Å². The first-order valence-corrected chi connectivity index (χ1v) is 6.20. The molecule has 1 aromatic rings. The third kappa shape index (κ3) is 5.29. The molecule has 0 radical (unpaired) electrons. The van der Waals surface area contributed by atoms with Gasteiger partial charge in [0.25, 0.3) is 0 Å². The van der Waals surface area contributed by atoms with Crippen molar-refractivity contribution in [3.8, 4) is 0 Å². The van der Waals surface area contributed by atoms with Gasteiger partial charge in [-0.15, -0.1) is 0 Å². The van der Waals surface area contributed by atoms with Gasteiger partial charge in [-0.3, -0.25) is 4.79 Å². The lowest BCUT2D eigenvalue weighted by molar-refractivity contribution is -0.143. The van der Waals surface area contributed by atoms with Crippen LogP contribution >= 0.6 is 0 Å². The highest BCUT2D eigenvalue weighted by Crippen LogP contribution is 2.12. The number of carbonyl (C=O) groups is 1. The third-order valence-corrected chi connectivity index (χ3v) is 2.56. The minimum Gasteiger partial charge on any atom is -0.466 e. The van der Waals surface area contributed by atoms with Crippen LogP contribution < -0.4 is 5.32 Å². The molecule has 1 rings (SSSR count). The molecule has 4 heteroatoms. The number of carbonyl (C=O) groups excluding carboxylic acids is 1. The van der Waals surface area contributed by atoms with Crippen molar-refractivity contribution in [1.82, 2.24) is 5.32 Å². The van der Waals surface area contributed by atoms with Crippen LogP contribution in [0.5, 0.6) is 0 Å². The average molecular weight is 251 g/mol. The second-order valence-electron chi connectivity index (χ2n) is 3.93. The minimum absolute atomic E-state index is 0.102. The highest BCUT2D eigenvalue weighted by atomic mass is 16.5. The summed E-state index contributed by atoms with van der Waals surface area (Å²) in [5.41, 5.74) is 1.16. The molecule has 0 bridgehead atoms. The van der Waals surface area contributed by atoms with Crippen molar-refractivity contribution in [2.75, 3.05) is 26.9 Å². The second kappa shape index (κ2) is 8.66. The molecule has 0 aliphatic carbocycles. The molecule has 0 aliphatic heterocycles. The van der Waals surface area contributed by atoms with E-state index in [9.17, 15) is 4.79 Å². The lowest BCUT2D eigenvalue weighted by Crippen LogP contribution is -2.27. The van der Waals surface area contributed by atoms with Crippen LogP contribution in [0.2, 0.25) is 0 Å². The zero-order valence-corrected chi connectivity index (χ0v) is 11.0. The van der Waals surface area contributed by atoms with Gasteiger partial charge in [0.2, 0.25) is 0 Å². The second-order valence-corrected chi connectivity index (χ2v) is 3.93. The van der Waals surface area contributed by atoms with Gasteiger partial charge in [-0.1, -0.05) is 30.3 Å². The molecular weight excluding hydrogens is 230 g/mol. The quantitative estimate of drug-likeness (QED) is 0.717. The van der Waals surface area contributed by atoms with Gasteiger partial charge >= 0.3 is 5.97 Å². The molecule has 0 spiro atoms. The lowest BCUT2D eigenvalue weighted by atomic mass is 10.1. The zero-order chi connectivity index (χ0) is 13.2. The summed E-state index contributed by atoms with van der Waals surface area (Å²) in [6.07, 6.45) is 0.376. The molecule has 1 N–H and O–H groups in total. The molecule has 0 fully saturated rings. The fourth-order valence-electron chi connectivity index (χ4n) is 1.71. The van der Waals surface area contributed by atoms with Gasteiger partial charge in [-0.25, -0.2) is 0 Å². The van der Waals surface area contributed by atoms with E-state index in [0.717, 1.165) is 5.56 Å². The number of hydrogen-bond donors (Lipinski definition) is 1. The smallest absolute Gasteiger partial charge is 0.307 e.